The molecule has 0 saturated carbocycles. The number of halogens is 3. The van der Waals surface area contributed by atoms with Gasteiger partial charge in [-0.25, -0.2) is 4.79 Å². The Kier molecular flexibility index (Phi) is 5.95. The molecular formula is C25H27F3N2O3. The number of amides is 1. The summed E-state index contributed by atoms with van der Waals surface area (Å²) in [6, 6.07) is 11.7. The molecule has 0 aromatic heterocycles. The third-order valence-electron chi connectivity index (χ3n) is 7.00. The molecule has 4 aliphatic rings. The first kappa shape index (κ1) is 22.1. The lowest BCUT2D eigenvalue weighted by Gasteiger charge is -2.44. The maximum absolute atomic E-state index is 12.6. The molecule has 2 bridgehead atoms. The van der Waals surface area contributed by atoms with Gasteiger partial charge in [-0.2, -0.15) is 0 Å². The number of hydrogen-bond donors (Lipinski definition) is 1. The van der Waals surface area contributed by atoms with E-state index in [2.05, 4.69) is 15.0 Å². The average molecular weight is 460 g/mol. The highest BCUT2D eigenvalue weighted by atomic mass is 19.4. The Bertz CT molecular complexity index is 1020. The second-order valence-electron chi connectivity index (χ2n) is 9.16. The minimum atomic E-state index is -4.73. The van der Waals surface area contributed by atoms with E-state index in [4.69, 9.17) is 4.74 Å². The van der Waals surface area contributed by atoms with Gasteiger partial charge in [-0.3, -0.25) is 4.90 Å². The second-order valence-corrected chi connectivity index (χ2v) is 9.16. The Morgan fingerprint density at radius 1 is 1.03 bits per heavy atom. The van der Waals surface area contributed by atoms with E-state index < -0.39 is 6.36 Å². The summed E-state index contributed by atoms with van der Waals surface area (Å²) in [5.74, 6) is 0.215. The number of aryl methyl sites for hydroxylation is 1. The molecule has 2 aromatic carbocycles. The zero-order valence-corrected chi connectivity index (χ0v) is 18.2. The first-order valence-electron chi connectivity index (χ1n) is 11.5. The lowest BCUT2D eigenvalue weighted by Crippen LogP contribution is -2.52. The molecule has 1 amide bonds. The Morgan fingerprint density at radius 2 is 1.82 bits per heavy atom. The third-order valence-corrected chi connectivity index (χ3v) is 7.00. The number of benzene rings is 2. The second kappa shape index (κ2) is 8.89. The lowest BCUT2D eigenvalue weighted by atomic mass is 9.85. The normalized spacial score (nSPS) is 26.4. The molecule has 1 unspecified atom stereocenters. The van der Waals surface area contributed by atoms with Crippen molar-refractivity contribution in [2.24, 2.45) is 5.92 Å². The van der Waals surface area contributed by atoms with Crippen LogP contribution in [0.4, 0.5) is 18.0 Å². The number of nitrogens with zero attached hydrogens (tertiary/aromatic N) is 1. The van der Waals surface area contributed by atoms with Gasteiger partial charge in [0.15, 0.2) is 0 Å². The number of rotatable bonds is 4. The summed E-state index contributed by atoms with van der Waals surface area (Å²) in [6.07, 6.45) is -0.359. The highest BCUT2D eigenvalue weighted by Crippen LogP contribution is 2.35. The number of nitrogens with one attached hydrogen (secondary N) is 1. The summed E-state index contributed by atoms with van der Waals surface area (Å²) >= 11 is 0. The number of ether oxygens (including phenoxy) is 2. The van der Waals surface area contributed by atoms with Crippen LogP contribution in [0.2, 0.25) is 0 Å². The molecule has 2 atom stereocenters. The molecule has 1 N–H and O–H groups in total. The predicted octanol–water partition coefficient (Wildman–Crippen LogP) is 5.45. The topological polar surface area (TPSA) is 50.8 Å². The molecule has 5 nitrogen and oxygen atoms in total. The lowest BCUT2D eigenvalue weighted by molar-refractivity contribution is -0.274. The number of carbonyl (C=O) groups is 1. The van der Waals surface area contributed by atoms with Gasteiger partial charge < -0.3 is 14.8 Å². The van der Waals surface area contributed by atoms with Gasteiger partial charge in [0.1, 0.15) is 11.9 Å². The van der Waals surface area contributed by atoms with Crippen molar-refractivity contribution in [1.29, 1.82) is 0 Å². The Morgan fingerprint density at radius 3 is 2.55 bits per heavy atom. The van der Waals surface area contributed by atoms with Gasteiger partial charge in [0.05, 0.1) is 6.04 Å². The quantitative estimate of drug-likeness (QED) is 0.659. The van der Waals surface area contributed by atoms with E-state index in [1.165, 1.54) is 12.1 Å². The van der Waals surface area contributed by atoms with Crippen LogP contribution in [-0.2, 0) is 11.2 Å². The van der Waals surface area contributed by atoms with Gasteiger partial charge in [-0.15, -0.1) is 13.2 Å². The van der Waals surface area contributed by atoms with Crippen molar-refractivity contribution in [3.8, 4) is 16.9 Å². The van der Waals surface area contributed by atoms with Gasteiger partial charge in [0.2, 0.25) is 0 Å². The summed E-state index contributed by atoms with van der Waals surface area (Å²) in [7, 11) is 0. The maximum atomic E-state index is 12.6. The highest BCUT2D eigenvalue weighted by molar-refractivity contribution is 5.70. The molecule has 2 aromatic rings. The number of fused-ring (bicyclic) bond motifs is 4. The summed E-state index contributed by atoms with van der Waals surface area (Å²) < 4.78 is 47.6. The van der Waals surface area contributed by atoms with Crippen molar-refractivity contribution in [1.82, 2.24) is 10.2 Å². The predicted molar refractivity (Wildman–Crippen MR) is 117 cm³/mol. The average Bonchev–Trinajstić information content (AvgIpc) is 2.79. The monoisotopic (exact) mass is 460 g/mol. The van der Waals surface area contributed by atoms with Gasteiger partial charge in [0.25, 0.3) is 0 Å². The van der Waals surface area contributed by atoms with Crippen molar-refractivity contribution in [2.75, 3.05) is 19.6 Å². The van der Waals surface area contributed by atoms with Crippen LogP contribution in [0.5, 0.6) is 5.75 Å². The summed E-state index contributed by atoms with van der Waals surface area (Å²) in [5.41, 5.74) is 3.60. The summed E-state index contributed by atoms with van der Waals surface area (Å²) in [5, 5.41) is 3.05. The van der Waals surface area contributed by atoms with Crippen molar-refractivity contribution < 1.29 is 27.4 Å². The first-order chi connectivity index (χ1) is 15.8. The maximum Gasteiger partial charge on any atom is 0.573 e. The van der Waals surface area contributed by atoms with Gasteiger partial charge in [0, 0.05) is 6.54 Å². The van der Waals surface area contributed by atoms with Crippen molar-refractivity contribution in [3.05, 3.63) is 53.6 Å². The minimum Gasteiger partial charge on any atom is -0.445 e. The molecule has 3 fully saturated rings. The molecule has 0 spiro atoms. The fourth-order valence-corrected chi connectivity index (χ4v) is 5.37. The molecule has 176 valence electrons. The number of hydrogen-bond acceptors (Lipinski definition) is 4. The SMILES string of the molecule is O=C(NC1CCCc2cc(-c3cccc(OC(F)(F)F)c3)ccc21)O[C@@H]1CN2CCC1CC2. The van der Waals surface area contributed by atoms with Gasteiger partial charge in [-0.1, -0.05) is 30.3 Å². The molecule has 3 saturated heterocycles. The van der Waals surface area contributed by atoms with Crippen molar-refractivity contribution >= 4 is 6.09 Å². The van der Waals surface area contributed by atoms with Crippen LogP contribution >= 0.6 is 0 Å². The molecule has 8 heteroatoms. The van der Waals surface area contributed by atoms with Crippen LogP contribution in [-0.4, -0.2) is 43.1 Å². The summed E-state index contributed by atoms with van der Waals surface area (Å²) in [6.45, 7) is 3.01. The van der Waals surface area contributed by atoms with Gasteiger partial charge >= 0.3 is 12.5 Å². The molecular weight excluding hydrogens is 433 g/mol. The number of piperidine rings is 3. The minimum absolute atomic E-state index is 0.0378. The fraction of sp³-hybridized carbons (Fsp3) is 0.480. The van der Waals surface area contributed by atoms with Crippen LogP contribution in [0.1, 0.15) is 42.9 Å². The van der Waals surface area contributed by atoms with Gasteiger partial charge in [-0.05, 0) is 85.5 Å². The van der Waals surface area contributed by atoms with Crippen LogP contribution in [0.3, 0.4) is 0 Å². The van der Waals surface area contributed by atoms with Crippen molar-refractivity contribution in [3.63, 3.8) is 0 Å². The van der Waals surface area contributed by atoms with E-state index in [-0.39, 0.29) is 24.0 Å². The Labute approximate surface area is 190 Å². The summed E-state index contributed by atoms with van der Waals surface area (Å²) in [4.78, 5) is 15.0. The number of alkyl carbamates (subject to hydrolysis) is 1. The fourth-order valence-electron chi connectivity index (χ4n) is 5.37. The van der Waals surface area contributed by atoms with Crippen LogP contribution in [0, 0.1) is 5.92 Å². The standard InChI is InChI=1S/C25H27F3N2O3/c26-25(27,28)33-20-5-1-3-17(14-20)18-7-8-21-19(13-18)4-2-6-22(21)29-24(31)32-23-15-30-11-9-16(23)10-12-30/h1,3,5,7-8,13-14,16,22-23H,2,4,6,9-12,15H2,(H,29,31)/t22?,23-/m1/s1. The van der Waals surface area contributed by atoms with Crippen LogP contribution in [0.25, 0.3) is 11.1 Å². The zero-order chi connectivity index (χ0) is 23.0. The number of alkyl halides is 3. The van der Waals surface area contributed by atoms with Crippen molar-refractivity contribution in [2.45, 2.75) is 50.6 Å². The molecule has 6 rings (SSSR count). The smallest absolute Gasteiger partial charge is 0.445 e. The number of carbonyl (C=O) groups excluding carboxylic acids is 1. The van der Waals surface area contributed by atoms with Crippen LogP contribution in [0.15, 0.2) is 42.5 Å². The molecule has 33 heavy (non-hydrogen) atoms. The van der Waals surface area contributed by atoms with E-state index in [0.717, 1.165) is 68.4 Å². The van der Waals surface area contributed by atoms with E-state index in [1.807, 2.05) is 18.2 Å². The zero-order valence-electron chi connectivity index (χ0n) is 18.2. The van der Waals surface area contributed by atoms with E-state index in [1.54, 1.807) is 12.1 Å². The van der Waals surface area contributed by atoms with E-state index in [9.17, 15) is 18.0 Å². The Hall–Kier alpha value is -2.74. The molecule has 0 radical (unpaired) electrons. The molecule has 3 heterocycles. The Balaban J connectivity index is 1.28. The van der Waals surface area contributed by atoms with E-state index >= 15 is 0 Å². The molecule has 1 aliphatic carbocycles. The van der Waals surface area contributed by atoms with E-state index in [0.29, 0.717) is 11.5 Å². The molecule has 3 aliphatic heterocycles. The van der Waals surface area contributed by atoms with Crippen LogP contribution < -0.4 is 10.1 Å². The third kappa shape index (κ3) is 5.11. The first-order valence-corrected chi connectivity index (χ1v) is 11.5. The largest absolute Gasteiger partial charge is 0.573 e. The highest BCUT2D eigenvalue weighted by Gasteiger charge is 2.37.